The largest absolute Gasteiger partial charge is 0.495 e. The predicted octanol–water partition coefficient (Wildman–Crippen LogP) is 3.32. The summed E-state index contributed by atoms with van der Waals surface area (Å²) in [5.74, 6) is 1.96. The Kier molecular flexibility index (Phi) is 3.70. The molecule has 4 rings (SSSR count). The number of aromatic nitrogens is 3. The average Bonchev–Trinajstić information content (AvgIpc) is 3.06. The highest BCUT2D eigenvalue weighted by atomic mass is 16.5. The van der Waals surface area contributed by atoms with E-state index < -0.39 is 0 Å². The molecule has 24 heavy (non-hydrogen) atoms. The molecule has 1 aliphatic heterocycles. The van der Waals surface area contributed by atoms with Crippen LogP contribution in [-0.2, 0) is 6.42 Å². The Morgan fingerprint density at radius 3 is 2.83 bits per heavy atom. The second-order valence-electron chi connectivity index (χ2n) is 5.49. The maximum absolute atomic E-state index is 5.35. The first kappa shape index (κ1) is 14.4. The lowest BCUT2D eigenvalue weighted by molar-refractivity contribution is 0.417. The lowest BCUT2D eigenvalue weighted by Gasteiger charge is -2.18. The van der Waals surface area contributed by atoms with Gasteiger partial charge in [-0.05, 0) is 30.2 Å². The van der Waals surface area contributed by atoms with Crippen molar-refractivity contribution < 1.29 is 4.74 Å². The number of nitrogens with zero attached hydrogens (tertiary/aromatic N) is 4. The monoisotopic (exact) mass is 319 g/mol. The maximum atomic E-state index is 5.35. The summed E-state index contributed by atoms with van der Waals surface area (Å²) >= 11 is 0. The standard InChI is InChI=1S/C18H17N5O/c1-24-16-9-5-3-7-14(16)20-18-21-17(12-19-22-18)23-11-10-13-6-2-4-8-15(13)23/h2-9,12H,10-11H2,1H3,(H,20,21,22). The van der Waals surface area contributed by atoms with E-state index in [9.17, 15) is 0 Å². The zero-order valence-electron chi connectivity index (χ0n) is 13.3. The molecule has 6 nitrogen and oxygen atoms in total. The molecule has 2 heterocycles. The summed E-state index contributed by atoms with van der Waals surface area (Å²) in [7, 11) is 1.64. The van der Waals surface area contributed by atoms with Crippen LogP contribution in [0.4, 0.5) is 23.1 Å². The highest BCUT2D eigenvalue weighted by Crippen LogP contribution is 2.33. The number of para-hydroxylation sites is 3. The molecule has 0 fully saturated rings. The van der Waals surface area contributed by atoms with Crippen LogP contribution >= 0.6 is 0 Å². The van der Waals surface area contributed by atoms with Gasteiger partial charge >= 0.3 is 0 Å². The molecule has 6 heteroatoms. The highest BCUT2D eigenvalue weighted by Gasteiger charge is 2.21. The van der Waals surface area contributed by atoms with Gasteiger partial charge < -0.3 is 15.0 Å². The van der Waals surface area contributed by atoms with E-state index in [1.807, 2.05) is 30.3 Å². The lowest BCUT2D eigenvalue weighted by Crippen LogP contribution is -2.16. The minimum Gasteiger partial charge on any atom is -0.495 e. The normalized spacial score (nSPS) is 12.8. The molecule has 0 saturated carbocycles. The lowest BCUT2D eigenvalue weighted by atomic mass is 10.2. The van der Waals surface area contributed by atoms with Gasteiger partial charge in [0.25, 0.3) is 0 Å². The van der Waals surface area contributed by atoms with Crippen LogP contribution in [0, 0.1) is 0 Å². The van der Waals surface area contributed by atoms with Crippen molar-refractivity contribution in [3.63, 3.8) is 0 Å². The quantitative estimate of drug-likeness (QED) is 0.796. The molecular formula is C18H17N5O. The van der Waals surface area contributed by atoms with E-state index in [-0.39, 0.29) is 0 Å². The smallest absolute Gasteiger partial charge is 0.249 e. The number of anilines is 4. The third kappa shape index (κ3) is 2.62. The van der Waals surface area contributed by atoms with Gasteiger partial charge in [-0.15, -0.1) is 5.10 Å². The molecule has 1 aromatic heterocycles. The Morgan fingerprint density at radius 1 is 1.08 bits per heavy atom. The van der Waals surface area contributed by atoms with E-state index in [4.69, 9.17) is 4.74 Å². The molecule has 2 aromatic carbocycles. The summed E-state index contributed by atoms with van der Waals surface area (Å²) in [4.78, 5) is 6.77. The van der Waals surface area contributed by atoms with Crippen LogP contribution in [0.25, 0.3) is 0 Å². The number of rotatable bonds is 4. The van der Waals surface area contributed by atoms with Gasteiger partial charge in [0.05, 0.1) is 19.0 Å². The van der Waals surface area contributed by atoms with Gasteiger partial charge in [-0.2, -0.15) is 10.1 Å². The van der Waals surface area contributed by atoms with Crippen molar-refractivity contribution in [2.45, 2.75) is 6.42 Å². The molecule has 0 bridgehead atoms. The zero-order valence-corrected chi connectivity index (χ0v) is 13.3. The Balaban J connectivity index is 1.63. The molecule has 120 valence electrons. The van der Waals surface area contributed by atoms with E-state index in [0.29, 0.717) is 5.95 Å². The molecule has 1 aliphatic rings. The molecule has 0 spiro atoms. The molecule has 0 atom stereocenters. The van der Waals surface area contributed by atoms with Crippen LogP contribution in [0.3, 0.4) is 0 Å². The van der Waals surface area contributed by atoms with E-state index >= 15 is 0 Å². The van der Waals surface area contributed by atoms with Crippen molar-refractivity contribution in [3.8, 4) is 5.75 Å². The van der Waals surface area contributed by atoms with Crippen LogP contribution in [0.5, 0.6) is 5.75 Å². The average molecular weight is 319 g/mol. The summed E-state index contributed by atoms with van der Waals surface area (Å²) in [6.07, 6.45) is 2.70. The van der Waals surface area contributed by atoms with Gasteiger partial charge in [0, 0.05) is 12.2 Å². The predicted molar refractivity (Wildman–Crippen MR) is 93.3 cm³/mol. The molecule has 1 N–H and O–H groups in total. The number of nitrogens with one attached hydrogen (secondary N) is 1. The Morgan fingerprint density at radius 2 is 1.92 bits per heavy atom. The molecular weight excluding hydrogens is 302 g/mol. The van der Waals surface area contributed by atoms with Crippen LogP contribution in [-0.4, -0.2) is 28.8 Å². The first-order valence-corrected chi connectivity index (χ1v) is 7.80. The highest BCUT2D eigenvalue weighted by molar-refractivity contribution is 5.68. The Bertz CT molecular complexity index is 867. The second-order valence-corrected chi connectivity index (χ2v) is 5.49. The molecule has 3 aromatic rings. The maximum Gasteiger partial charge on any atom is 0.249 e. The van der Waals surface area contributed by atoms with Gasteiger partial charge in [-0.1, -0.05) is 30.3 Å². The fraction of sp³-hybridized carbons (Fsp3) is 0.167. The zero-order chi connectivity index (χ0) is 16.4. The SMILES string of the molecule is COc1ccccc1Nc1nncc(N2CCc3ccccc32)n1. The molecule has 0 aliphatic carbocycles. The molecule has 0 radical (unpaired) electrons. The van der Waals surface area contributed by atoms with Crippen LogP contribution in [0.2, 0.25) is 0 Å². The van der Waals surface area contributed by atoms with Gasteiger partial charge in [0.1, 0.15) is 5.75 Å². The van der Waals surface area contributed by atoms with E-state index in [2.05, 4.69) is 43.6 Å². The van der Waals surface area contributed by atoms with Gasteiger partial charge in [-0.25, -0.2) is 0 Å². The van der Waals surface area contributed by atoms with Gasteiger partial charge in [0.15, 0.2) is 5.82 Å². The minimum absolute atomic E-state index is 0.446. The molecule has 0 unspecified atom stereocenters. The first-order chi connectivity index (χ1) is 11.8. The van der Waals surface area contributed by atoms with Gasteiger partial charge in [-0.3, -0.25) is 0 Å². The number of hydrogen-bond acceptors (Lipinski definition) is 6. The van der Waals surface area contributed by atoms with Crippen molar-refractivity contribution in [3.05, 3.63) is 60.3 Å². The third-order valence-corrected chi connectivity index (χ3v) is 4.06. The number of methoxy groups -OCH3 is 1. The summed E-state index contributed by atoms with van der Waals surface area (Å²) in [5, 5.41) is 11.4. The van der Waals surface area contributed by atoms with Crippen LogP contribution in [0.15, 0.2) is 54.7 Å². The summed E-state index contributed by atoms with van der Waals surface area (Å²) in [6, 6.07) is 16.0. The third-order valence-electron chi connectivity index (χ3n) is 4.06. The summed E-state index contributed by atoms with van der Waals surface area (Å²) < 4.78 is 5.35. The number of benzene rings is 2. The van der Waals surface area contributed by atoms with Gasteiger partial charge in [0.2, 0.25) is 5.95 Å². The van der Waals surface area contributed by atoms with Crippen molar-refractivity contribution in [2.24, 2.45) is 0 Å². The van der Waals surface area contributed by atoms with E-state index in [1.54, 1.807) is 13.3 Å². The fourth-order valence-electron chi connectivity index (χ4n) is 2.92. The summed E-state index contributed by atoms with van der Waals surface area (Å²) in [5.41, 5.74) is 3.32. The second kappa shape index (κ2) is 6.16. The van der Waals surface area contributed by atoms with Crippen molar-refractivity contribution in [2.75, 3.05) is 23.9 Å². The molecule has 0 saturated heterocycles. The van der Waals surface area contributed by atoms with Crippen LogP contribution in [0.1, 0.15) is 5.56 Å². The fourth-order valence-corrected chi connectivity index (χ4v) is 2.92. The van der Waals surface area contributed by atoms with E-state index in [1.165, 1.54) is 11.3 Å². The molecule has 0 amide bonds. The van der Waals surface area contributed by atoms with Crippen molar-refractivity contribution in [1.82, 2.24) is 15.2 Å². The summed E-state index contributed by atoms with van der Waals surface area (Å²) in [6.45, 7) is 0.895. The Hall–Kier alpha value is -3.15. The Labute approximate surface area is 140 Å². The van der Waals surface area contributed by atoms with E-state index in [0.717, 1.165) is 30.2 Å². The van der Waals surface area contributed by atoms with Crippen molar-refractivity contribution >= 4 is 23.1 Å². The number of hydrogen-bond donors (Lipinski definition) is 1. The van der Waals surface area contributed by atoms with Crippen molar-refractivity contribution in [1.29, 1.82) is 0 Å². The number of ether oxygens (including phenoxy) is 1. The topological polar surface area (TPSA) is 63.2 Å². The number of fused-ring (bicyclic) bond motifs is 1. The van der Waals surface area contributed by atoms with Crippen LogP contribution < -0.4 is 15.0 Å². The minimum atomic E-state index is 0.446. The first-order valence-electron chi connectivity index (χ1n) is 7.80.